The molecule has 2 aromatic rings. The van der Waals surface area contributed by atoms with Gasteiger partial charge in [0, 0.05) is 12.3 Å². The highest BCUT2D eigenvalue weighted by molar-refractivity contribution is 7.89. The second kappa shape index (κ2) is 15.9. The molecule has 0 saturated heterocycles. The molecule has 0 radical (unpaired) electrons. The number of carbonyl (C=O) groups is 1. The van der Waals surface area contributed by atoms with E-state index in [0.717, 1.165) is 47.9 Å². The van der Waals surface area contributed by atoms with Crippen LogP contribution in [0.2, 0.25) is 0 Å². The van der Waals surface area contributed by atoms with Gasteiger partial charge >= 0.3 is 0 Å². The van der Waals surface area contributed by atoms with Crippen LogP contribution in [0.5, 0.6) is 0 Å². The first kappa shape index (κ1) is 34.6. The molecule has 0 saturated carbocycles. The topological polar surface area (TPSA) is 75.3 Å². The Balaban J connectivity index is 1.72. The van der Waals surface area contributed by atoms with E-state index in [2.05, 4.69) is 94.1 Å². The summed E-state index contributed by atoms with van der Waals surface area (Å²) in [6.07, 6.45) is 19.5. The minimum atomic E-state index is -4.01. The highest BCUT2D eigenvalue weighted by Gasteiger charge is 2.36. The maximum Gasteiger partial charge on any atom is 0.241 e. The van der Waals surface area contributed by atoms with Crippen molar-refractivity contribution < 1.29 is 13.2 Å². The SMILES string of the molecule is CC(C)c1cc(C(C)C)c(S(=O)(=O)N[C@H](c2ccccc2)[C@@H](NC(=O)CCCC2=CCC=CC2)C2C=CC=CC2)c(C(C)C)c1. The molecule has 3 atom stereocenters. The minimum Gasteiger partial charge on any atom is -0.351 e. The van der Waals surface area contributed by atoms with Crippen LogP contribution in [0, 0.1) is 5.92 Å². The van der Waals surface area contributed by atoms with Gasteiger partial charge in [-0.05, 0) is 72.1 Å². The van der Waals surface area contributed by atoms with Crippen LogP contribution in [0.4, 0.5) is 0 Å². The van der Waals surface area contributed by atoms with Crippen LogP contribution in [0.1, 0.15) is 126 Å². The molecule has 1 unspecified atom stereocenters. The summed E-state index contributed by atoms with van der Waals surface area (Å²) >= 11 is 0. The van der Waals surface area contributed by atoms with E-state index in [9.17, 15) is 13.2 Å². The fourth-order valence-corrected chi connectivity index (χ4v) is 8.27. The summed E-state index contributed by atoms with van der Waals surface area (Å²) in [7, 11) is -4.01. The van der Waals surface area contributed by atoms with Crippen LogP contribution >= 0.6 is 0 Å². The maximum atomic E-state index is 14.7. The summed E-state index contributed by atoms with van der Waals surface area (Å²) in [5, 5.41) is 3.31. The quantitative estimate of drug-likeness (QED) is 0.205. The van der Waals surface area contributed by atoms with Crippen LogP contribution in [-0.4, -0.2) is 20.4 Å². The van der Waals surface area contributed by atoms with E-state index in [1.54, 1.807) is 0 Å². The molecule has 0 fully saturated rings. The molecular formula is C39H52N2O3S. The Kier molecular flexibility index (Phi) is 12.2. The highest BCUT2D eigenvalue weighted by atomic mass is 32.2. The highest BCUT2D eigenvalue weighted by Crippen LogP contribution is 2.37. The fourth-order valence-electron chi connectivity index (χ4n) is 6.33. The van der Waals surface area contributed by atoms with Crippen molar-refractivity contribution in [3.05, 3.63) is 113 Å². The zero-order chi connectivity index (χ0) is 32.6. The Hall–Kier alpha value is -3.22. The first-order valence-corrected chi connectivity index (χ1v) is 18.2. The maximum absolute atomic E-state index is 14.7. The number of nitrogens with one attached hydrogen (secondary N) is 2. The Morgan fingerprint density at radius 1 is 0.867 bits per heavy atom. The van der Waals surface area contributed by atoms with Crippen molar-refractivity contribution in [2.45, 2.75) is 115 Å². The second-order valence-electron chi connectivity index (χ2n) is 13.4. The van der Waals surface area contributed by atoms with Crippen molar-refractivity contribution in [2.24, 2.45) is 5.92 Å². The Labute approximate surface area is 272 Å². The molecule has 2 aromatic carbocycles. The molecular weight excluding hydrogens is 577 g/mol. The molecule has 0 spiro atoms. The van der Waals surface area contributed by atoms with E-state index in [4.69, 9.17) is 0 Å². The van der Waals surface area contributed by atoms with Gasteiger partial charge < -0.3 is 5.32 Å². The number of hydrogen-bond acceptors (Lipinski definition) is 3. The predicted octanol–water partition coefficient (Wildman–Crippen LogP) is 9.14. The number of allylic oxidation sites excluding steroid dienone is 7. The van der Waals surface area contributed by atoms with Gasteiger partial charge in [-0.1, -0.05) is 132 Å². The van der Waals surface area contributed by atoms with Gasteiger partial charge in [-0.25, -0.2) is 13.1 Å². The molecule has 2 aliphatic carbocycles. The molecule has 2 aliphatic rings. The number of carbonyl (C=O) groups excluding carboxylic acids is 1. The van der Waals surface area contributed by atoms with Crippen LogP contribution in [0.25, 0.3) is 0 Å². The Morgan fingerprint density at radius 3 is 2.11 bits per heavy atom. The Bertz CT molecular complexity index is 1500. The van der Waals surface area contributed by atoms with Crippen LogP contribution < -0.4 is 10.0 Å². The number of sulfonamides is 1. The predicted molar refractivity (Wildman–Crippen MR) is 187 cm³/mol. The van der Waals surface area contributed by atoms with E-state index in [0.29, 0.717) is 17.7 Å². The lowest BCUT2D eigenvalue weighted by molar-refractivity contribution is -0.122. The van der Waals surface area contributed by atoms with Crippen LogP contribution in [0.15, 0.2) is 95.5 Å². The smallest absolute Gasteiger partial charge is 0.241 e. The lowest BCUT2D eigenvalue weighted by Crippen LogP contribution is -2.50. The lowest BCUT2D eigenvalue weighted by Gasteiger charge is -2.35. The molecule has 4 rings (SSSR count). The molecule has 0 aliphatic heterocycles. The zero-order valence-electron chi connectivity index (χ0n) is 27.9. The third kappa shape index (κ3) is 9.17. The normalized spacial score (nSPS) is 18.0. The fraction of sp³-hybridized carbons (Fsp3) is 0.462. The third-order valence-corrected chi connectivity index (χ3v) is 10.5. The molecule has 0 bridgehead atoms. The van der Waals surface area contributed by atoms with Crippen LogP contribution in [0.3, 0.4) is 0 Å². The minimum absolute atomic E-state index is 0.0136. The van der Waals surface area contributed by atoms with Crippen molar-refractivity contribution in [1.29, 1.82) is 0 Å². The van der Waals surface area contributed by atoms with Crippen molar-refractivity contribution in [1.82, 2.24) is 10.0 Å². The van der Waals surface area contributed by atoms with E-state index in [-0.39, 0.29) is 29.6 Å². The van der Waals surface area contributed by atoms with Gasteiger partial charge in [0.2, 0.25) is 15.9 Å². The zero-order valence-corrected chi connectivity index (χ0v) is 28.7. The number of hydrogen-bond donors (Lipinski definition) is 2. The van der Waals surface area contributed by atoms with E-state index < -0.39 is 22.1 Å². The second-order valence-corrected chi connectivity index (χ2v) is 15.1. The number of rotatable bonds is 14. The van der Waals surface area contributed by atoms with E-state index >= 15 is 0 Å². The molecule has 0 heterocycles. The van der Waals surface area contributed by atoms with Crippen molar-refractivity contribution in [3.8, 4) is 0 Å². The molecule has 242 valence electrons. The summed E-state index contributed by atoms with van der Waals surface area (Å²) in [5.74, 6) is 0.176. The van der Waals surface area contributed by atoms with Gasteiger partial charge in [0.25, 0.3) is 0 Å². The average Bonchev–Trinajstić information content (AvgIpc) is 3.03. The van der Waals surface area contributed by atoms with Gasteiger partial charge in [-0.3, -0.25) is 4.79 Å². The monoisotopic (exact) mass is 628 g/mol. The first-order valence-electron chi connectivity index (χ1n) is 16.7. The van der Waals surface area contributed by atoms with Crippen molar-refractivity contribution in [2.75, 3.05) is 0 Å². The Morgan fingerprint density at radius 2 is 1.56 bits per heavy atom. The molecule has 5 nitrogen and oxygen atoms in total. The molecule has 6 heteroatoms. The van der Waals surface area contributed by atoms with Gasteiger partial charge in [0.05, 0.1) is 17.0 Å². The van der Waals surface area contributed by atoms with Gasteiger partial charge in [0.15, 0.2) is 0 Å². The number of benzene rings is 2. The largest absolute Gasteiger partial charge is 0.351 e. The van der Waals surface area contributed by atoms with Crippen molar-refractivity contribution >= 4 is 15.9 Å². The summed E-state index contributed by atoms with van der Waals surface area (Å²) < 4.78 is 32.6. The van der Waals surface area contributed by atoms with Gasteiger partial charge in [-0.2, -0.15) is 0 Å². The standard InChI is InChI=1S/C39H52N2O3S/c1-27(2)33-25-34(28(3)4)39(35(26-33)29(5)6)45(43,44)41-38(32-22-14-9-15-23-32)37(31-20-12-8-13-21-31)40-36(42)24-16-19-30-17-10-7-11-18-30/h7-10,12-15,18,20,22-23,25-29,31,37-38,41H,11,16-17,19,21,24H2,1-6H3,(H,40,42)/t31?,37-,38+/m0/s1. The molecule has 0 aromatic heterocycles. The van der Waals surface area contributed by atoms with Crippen molar-refractivity contribution in [3.63, 3.8) is 0 Å². The van der Waals surface area contributed by atoms with E-state index in [1.165, 1.54) is 5.57 Å². The molecule has 2 N–H and O–H groups in total. The van der Waals surface area contributed by atoms with Gasteiger partial charge in [-0.15, -0.1) is 0 Å². The summed E-state index contributed by atoms with van der Waals surface area (Å²) in [4.78, 5) is 13.9. The number of amides is 1. The first-order chi connectivity index (χ1) is 21.5. The third-order valence-electron chi connectivity index (χ3n) is 8.94. The van der Waals surface area contributed by atoms with Gasteiger partial charge in [0.1, 0.15) is 0 Å². The van der Waals surface area contributed by atoms with E-state index in [1.807, 2.05) is 42.5 Å². The lowest BCUT2D eigenvalue weighted by atomic mass is 9.85. The molecule has 45 heavy (non-hydrogen) atoms. The average molecular weight is 629 g/mol. The molecule has 1 amide bonds. The van der Waals surface area contributed by atoms with Crippen LogP contribution in [-0.2, 0) is 14.8 Å². The summed E-state index contributed by atoms with van der Waals surface area (Å²) in [6, 6.07) is 12.7. The summed E-state index contributed by atoms with van der Waals surface area (Å²) in [6.45, 7) is 12.5. The summed E-state index contributed by atoms with van der Waals surface area (Å²) in [5.41, 5.74) is 5.01.